The van der Waals surface area contributed by atoms with Gasteiger partial charge in [0, 0.05) is 6.04 Å². The predicted molar refractivity (Wildman–Crippen MR) is 77.6 cm³/mol. The maximum Gasteiger partial charge on any atom is 0.335 e. The van der Waals surface area contributed by atoms with Crippen LogP contribution >= 0.6 is 0 Å². The number of nitrogens with one attached hydrogen (secondary N) is 1. The second kappa shape index (κ2) is 6.37. The Morgan fingerprint density at radius 3 is 2.20 bits per heavy atom. The van der Waals surface area contributed by atoms with Crippen molar-refractivity contribution < 1.29 is 18.3 Å². The van der Waals surface area contributed by atoms with Crippen LogP contribution < -0.4 is 4.72 Å². The number of aromatic carboxylic acids is 1. The third-order valence-corrected chi connectivity index (χ3v) is 5.01. The number of carboxylic acid groups (broad SMARTS) is 1. The predicted octanol–water partition coefficient (Wildman–Crippen LogP) is 2.47. The van der Waals surface area contributed by atoms with E-state index in [1.807, 2.05) is 13.8 Å². The highest BCUT2D eigenvalue weighted by atomic mass is 32.2. The average Bonchev–Trinajstić information content (AvgIpc) is 2.35. The first-order chi connectivity index (χ1) is 9.22. The lowest BCUT2D eigenvalue weighted by atomic mass is 10.1. The van der Waals surface area contributed by atoms with Crippen molar-refractivity contribution in [3.05, 3.63) is 28.8 Å². The van der Waals surface area contributed by atoms with Gasteiger partial charge in [-0.3, -0.25) is 0 Å². The van der Waals surface area contributed by atoms with Gasteiger partial charge in [0.1, 0.15) is 0 Å². The molecule has 0 unspecified atom stereocenters. The molecule has 112 valence electrons. The Morgan fingerprint density at radius 1 is 1.20 bits per heavy atom. The standard InChI is InChI=1S/C14H21NO4S/c1-5-11(6-2)15-20(18,19)13-8-12(14(16)17)9(3)7-10(13)4/h7-8,11,15H,5-6H2,1-4H3,(H,16,17). The second-order valence-electron chi connectivity index (χ2n) is 4.87. The fourth-order valence-corrected chi connectivity index (χ4v) is 3.75. The van der Waals surface area contributed by atoms with Crippen LogP contribution in [-0.4, -0.2) is 25.5 Å². The highest BCUT2D eigenvalue weighted by Crippen LogP contribution is 2.21. The molecule has 0 saturated carbocycles. The lowest BCUT2D eigenvalue weighted by molar-refractivity contribution is 0.0696. The Labute approximate surface area is 120 Å². The van der Waals surface area contributed by atoms with Crippen molar-refractivity contribution in [3.63, 3.8) is 0 Å². The van der Waals surface area contributed by atoms with E-state index in [9.17, 15) is 13.2 Å². The van der Waals surface area contributed by atoms with E-state index >= 15 is 0 Å². The molecule has 20 heavy (non-hydrogen) atoms. The van der Waals surface area contributed by atoms with Gasteiger partial charge in [-0.1, -0.05) is 19.9 Å². The molecule has 0 aromatic heterocycles. The summed E-state index contributed by atoms with van der Waals surface area (Å²) in [5.74, 6) is -1.12. The van der Waals surface area contributed by atoms with Crippen molar-refractivity contribution in [2.24, 2.45) is 0 Å². The summed E-state index contributed by atoms with van der Waals surface area (Å²) in [4.78, 5) is 11.2. The maximum atomic E-state index is 12.4. The molecule has 0 bridgehead atoms. The number of sulfonamides is 1. The molecular weight excluding hydrogens is 278 g/mol. The van der Waals surface area contributed by atoms with Crippen LogP contribution in [0.15, 0.2) is 17.0 Å². The molecule has 0 amide bonds. The number of hydrogen-bond acceptors (Lipinski definition) is 3. The first-order valence-electron chi connectivity index (χ1n) is 6.59. The topological polar surface area (TPSA) is 83.5 Å². The molecule has 0 fully saturated rings. The van der Waals surface area contributed by atoms with Crippen LogP contribution in [0.5, 0.6) is 0 Å². The number of aryl methyl sites for hydroxylation is 2. The van der Waals surface area contributed by atoms with Gasteiger partial charge in [0.25, 0.3) is 0 Å². The van der Waals surface area contributed by atoms with Gasteiger partial charge in [0.2, 0.25) is 10.0 Å². The van der Waals surface area contributed by atoms with Gasteiger partial charge in [-0.2, -0.15) is 0 Å². The summed E-state index contributed by atoms with van der Waals surface area (Å²) < 4.78 is 27.3. The largest absolute Gasteiger partial charge is 0.478 e. The Kier molecular flexibility index (Phi) is 5.30. The summed E-state index contributed by atoms with van der Waals surface area (Å²) in [6.07, 6.45) is 1.37. The van der Waals surface area contributed by atoms with E-state index < -0.39 is 16.0 Å². The Morgan fingerprint density at radius 2 is 1.75 bits per heavy atom. The average molecular weight is 299 g/mol. The van der Waals surface area contributed by atoms with Gasteiger partial charge in [0.05, 0.1) is 10.5 Å². The van der Waals surface area contributed by atoms with Crippen molar-refractivity contribution in [1.82, 2.24) is 4.72 Å². The molecule has 0 radical (unpaired) electrons. The lowest BCUT2D eigenvalue weighted by Crippen LogP contribution is -2.34. The van der Waals surface area contributed by atoms with Crippen LogP contribution in [0.3, 0.4) is 0 Å². The summed E-state index contributed by atoms with van der Waals surface area (Å²) in [6.45, 7) is 7.13. The fourth-order valence-electron chi connectivity index (χ4n) is 2.09. The molecule has 0 saturated heterocycles. The van der Waals surface area contributed by atoms with E-state index in [0.29, 0.717) is 24.0 Å². The van der Waals surface area contributed by atoms with Crippen molar-refractivity contribution >= 4 is 16.0 Å². The van der Waals surface area contributed by atoms with Gasteiger partial charge in [-0.25, -0.2) is 17.9 Å². The minimum Gasteiger partial charge on any atom is -0.478 e. The normalized spacial score (nSPS) is 11.8. The van der Waals surface area contributed by atoms with E-state index in [2.05, 4.69) is 4.72 Å². The molecule has 5 nitrogen and oxygen atoms in total. The maximum absolute atomic E-state index is 12.4. The third-order valence-electron chi connectivity index (χ3n) is 3.35. The van der Waals surface area contributed by atoms with E-state index in [-0.39, 0.29) is 16.5 Å². The Balaban J connectivity index is 3.31. The van der Waals surface area contributed by atoms with Gasteiger partial charge < -0.3 is 5.11 Å². The monoisotopic (exact) mass is 299 g/mol. The first-order valence-corrected chi connectivity index (χ1v) is 8.08. The summed E-state index contributed by atoms with van der Waals surface area (Å²) >= 11 is 0. The molecule has 0 aliphatic carbocycles. The quantitative estimate of drug-likeness (QED) is 0.845. The number of carboxylic acids is 1. The van der Waals surface area contributed by atoms with Crippen LogP contribution in [0, 0.1) is 13.8 Å². The molecule has 0 aliphatic heterocycles. The van der Waals surface area contributed by atoms with Crippen molar-refractivity contribution in [1.29, 1.82) is 0 Å². The first kappa shape index (κ1) is 16.7. The zero-order valence-electron chi connectivity index (χ0n) is 12.2. The second-order valence-corrected chi connectivity index (χ2v) is 6.55. The van der Waals surface area contributed by atoms with Crippen LogP contribution in [0.1, 0.15) is 48.2 Å². The van der Waals surface area contributed by atoms with Crippen LogP contribution in [0.2, 0.25) is 0 Å². The summed E-state index contributed by atoms with van der Waals surface area (Å²) in [5.41, 5.74) is 1.11. The van der Waals surface area contributed by atoms with Gasteiger partial charge >= 0.3 is 5.97 Å². The summed E-state index contributed by atoms with van der Waals surface area (Å²) in [7, 11) is -3.70. The fraction of sp³-hybridized carbons (Fsp3) is 0.500. The smallest absolute Gasteiger partial charge is 0.335 e. The summed E-state index contributed by atoms with van der Waals surface area (Å²) in [5, 5.41) is 9.11. The third kappa shape index (κ3) is 3.58. The number of benzene rings is 1. The van der Waals surface area contributed by atoms with Crippen LogP contribution in [-0.2, 0) is 10.0 Å². The molecule has 1 rings (SSSR count). The molecule has 2 N–H and O–H groups in total. The zero-order chi connectivity index (χ0) is 15.5. The SMILES string of the molecule is CCC(CC)NS(=O)(=O)c1cc(C(=O)O)c(C)cc1C. The minimum absolute atomic E-state index is 0.0144. The molecule has 1 aromatic rings. The van der Waals surface area contributed by atoms with Crippen LogP contribution in [0.4, 0.5) is 0 Å². The molecular formula is C14H21NO4S. The van der Waals surface area contributed by atoms with Gasteiger partial charge in [0.15, 0.2) is 0 Å². The number of hydrogen-bond donors (Lipinski definition) is 2. The molecule has 0 aliphatic rings. The van der Waals surface area contributed by atoms with E-state index in [1.54, 1.807) is 19.9 Å². The van der Waals surface area contributed by atoms with E-state index in [4.69, 9.17) is 5.11 Å². The zero-order valence-corrected chi connectivity index (χ0v) is 13.0. The summed E-state index contributed by atoms with van der Waals surface area (Å²) in [6, 6.07) is 2.68. The Hall–Kier alpha value is -1.40. The van der Waals surface area contributed by atoms with Crippen molar-refractivity contribution in [2.75, 3.05) is 0 Å². The highest BCUT2D eigenvalue weighted by Gasteiger charge is 2.22. The molecule has 0 heterocycles. The number of carbonyl (C=O) groups is 1. The van der Waals surface area contributed by atoms with E-state index in [0.717, 1.165) is 0 Å². The Bertz CT molecular complexity index is 604. The van der Waals surface area contributed by atoms with Crippen molar-refractivity contribution in [2.45, 2.75) is 51.5 Å². The van der Waals surface area contributed by atoms with Crippen molar-refractivity contribution in [3.8, 4) is 0 Å². The van der Waals surface area contributed by atoms with E-state index in [1.165, 1.54) is 6.07 Å². The molecule has 0 atom stereocenters. The number of rotatable bonds is 6. The lowest BCUT2D eigenvalue weighted by Gasteiger charge is -2.17. The molecule has 6 heteroatoms. The highest BCUT2D eigenvalue weighted by molar-refractivity contribution is 7.89. The minimum atomic E-state index is -3.70. The molecule has 0 spiro atoms. The van der Waals surface area contributed by atoms with Gasteiger partial charge in [-0.05, 0) is 43.9 Å². The van der Waals surface area contributed by atoms with Crippen LogP contribution in [0.25, 0.3) is 0 Å². The molecule has 1 aromatic carbocycles. The van der Waals surface area contributed by atoms with Gasteiger partial charge in [-0.15, -0.1) is 0 Å².